The number of aromatic amines is 1. The molecule has 6 heteroatoms. The van der Waals surface area contributed by atoms with Gasteiger partial charge in [-0.1, -0.05) is 13.0 Å². The molecular weight excluding hydrogens is 322 g/mol. The van der Waals surface area contributed by atoms with Gasteiger partial charge in [-0.05, 0) is 35.9 Å². The van der Waals surface area contributed by atoms with Crippen LogP contribution in [-0.2, 0) is 0 Å². The monoisotopic (exact) mass is 339 g/mol. The van der Waals surface area contributed by atoms with Crippen LogP contribution in [-0.4, -0.2) is 34.2 Å². The second-order valence-electron chi connectivity index (χ2n) is 5.79. The van der Waals surface area contributed by atoms with Crippen LogP contribution in [0.1, 0.15) is 44.7 Å². The number of hydrogen-bond donors (Lipinski definition) is 3. The Balaban J connectivity index is 2.10. The fourth-order valence-corrected chi connectivity index (χ4v) is 3.00. The molecular formula is C19H17NO5. The molecule has 3 aromatic rings. The number of aromatic nitrogens is 1. The maximum atomic E-state index is 11.2. The lowest BCUT2D eigenvalue weighted by atomic mass is 9.91. The Labute approximate surface area is 143 Å². The molecule has 0 saturated carbocycles. The minimum absolute atomic E-state index is 0.115. The summed E-state index contributed by atoms with van der Waals surface area (Å²) < 4.78 is 5.36. The van der Waals surface area contributed by atoms with E-state index in [1.807, 2.05) is 13.1 Å². The van der Waals surface area contributed by atoms with E-state index in [1.165, 1.54) is 19.2 Å². The predicted molar refractivity (Wildman–Crippen MR) is 92.7 cm³/mol. The van der Waals surface area contributed by atoms with Crippen molar-refractivity contribution in [3.8, 4) is 5.75 Å². The maximum absolute atomic E-state index is 11.2. The molecule has 0 saturated heterocycles. The number of rotatable bonds is 5. The number of hydrogen-bond acceptors (Lipinski definition) is 3. The van der Waals surface area contributed by atoms with Gasteiger partial charge < -0.3 is 19.9 Å². The number of nitrogens with one attached hydrogen (secondary N) is 1. The molecule has 0 amide bonds. The van der Waals surface area contributed by atoms with Gasteiger partial charge >= 0.3 is 11.9 Å². The molecule has 0 fully saturated rings. The van der Waals surface area contributed by atoms with Gasteiger partial charge in [0.2, 0.25) is 0 Å². The van der Waals surface area contributed by atoms with Crippen molar-refractivity contribution >= 4 is 22.8 Å². The van der Waals surface area contributed by atoms with E-state index in [-0.39, 0.29) is 17.0 Å². The van der Waals surface area contributed by atoms with E-state index >= 15 is 0 Å². The molecule has 1 aromatic heterocycles. The minimum atomic E-state index is -1.02. The number of ether oxygens (including phenoxy) is 1. The third-order valence-electron chi connectivity index (χ3n) is 4.37. The lowest BCUT2D eigenvalue weighted by Gasteiger charge is -2.16. The van der Waals surface area contributed by atoms with Gasteiger partial charge in [-0.3, -0.25) is 0 Å². The molecule has 1 unspecified atom stereocenters. The summed E-state index contributed by atoms with van der Waals surface area (Å²) in [5, 5.41) is 19.1. The van der Waals surface area contributed by atoms with Crippen molar-refractivity contribution in [2.45, 2.75) is 12.8 Å². The van der Waals surface area contributed by atoms with Crippen LogP contribution in [0.2, 0.25) is 0 Å². The van der Waals surface area contributed by atoms with Crippen molar-refractivity contribution in [2.24, 2.45) is 0 Å². The molecule has 6 nitrogen and oxygen atoms in total. The topological polar surface area (TPSA) is 99.6 Å². The van der Waals surface area contributed by atoms with E-state index in [0.29, 0.717) is 5.75 Å². The number of H-pyrrole nitrogens is 1. The second kappa shape index (κ2) is 6.32. The van der Waals surface area contributed by atoms with Gasteiger partial charge in [0.25, 0.3) is 0 Å². The molecule has 0 aliphatic heterocycles. The Morgan fingerprint density at radius 3 is 2.28 bits per heavy atom. The van der Waals surface area contributed by atoms with Crippen LogP contribution in [0.3, 0.4) is 0 Å². The zero-order valence-corrected chi connectivity index (χ0v) is 13.7. The Morgan fingerprint density at radius 2 is 1.64 bits per heavy atom. The molecule has 1 heterocycles. The van der Waals surface area contributed by atoms with Gasteiger partial charge in [-0.15, -0.1) is 0 Å². The highest BCUT2D eigenvalue weighted by Gasteiger charge is 2.19. The number of aromatic carboxylic acids is 2. The average Bonchev–Trinajstić information content (AvgIpc) is 3.03. The first-order valence-corrected chi connectivity index (χ1v) is 7.68. The number of methoxy groups -OCH3 is 1. The highest BCUT2D eigenvalue weighted by molar-refractivity contribution is 5.95. The quantitative estimate of drug-likeness (QED) is 0.658. The standard InChI is InChI=1S/C19H17NO5/c1-10(13-5-3-12(19(23)24)8-17(13)25-2)15-9-20-16-6-4-11(18(21)22)7-14(15)16/h3-10,20H,1-2H3,(H,21,22)(H,23,24). The van der Waals surface area contributed by atoms with Crippen LogP contribution in [0.4, 0.5) is 0 Å². The summed E-state index contributed by atoms with van der Waals surface area (Å²) >= 11 is 0. The normalized spacial score (nSPS) is 12.1. The van der Waals surface area contributed by atoms with Gasteiger partial charge in [-0.25, -0.2) is 9.59 Å². The molecule has 0 spiro atoms. The summed E-state index contributed by atoms with van der Waals surface area (Å²) in [5.41, 5.74) is 2.95. The van der Waals surface area contributed by atoms with Crippen molar-refractivity contribution in [2.75, 3.05) is 7.11 Å². The first-order chi connectivity index (χ1) is 11.9. The third-order valence-corrected chi connectivity index (χ3v) is 4.37. The van der Waals surface area contributed by atoms with Crippen LogP contribution in [0.15, 0.2) is 42.6 Å². The van der Waals surface area contributed by atoms with E-state index in [9.17, 15) is 14.7 Å². The number of benzene rings is 2. The van der Waals surface area contributed by atoms with E-state index in [2.05, 4.69) is 4.98 Å². The summed E-state index contributed by atoms with van der Waals surface area (Å²) in [7, 11) is 1.49. The fraction of sp³-hybridized carbons (Fsp3) is 0.158. The SMILES string of the molecule is COc1cc(C(=O)O)ccc1C(C)c1c[nH]c2ccc(C(=O)O)cc12. The van der Waals surface area contributed by atoms with E-state index < -0.39 is 11.9 Å². The second-order valence-corrected chi connectivity index (χ2v) is 5.79. The highest BCUT2D eigenvalue weighted by Crippen LogP contribution is 2.36. The predicted octanol–water partition coefficient (Wildman–Crippen LogP) is 3.72. The van der Waals surface area contributed by atoms with Crippen molar-refractivity contribution in [3.05, 3.63) is 64.8 Å². The van der Waals surface area contributed by atoms with Crippen molar-refractivity contribution < 1.29 is 24.5 Å². The summed E-state index contributed by atoms with van der Waals surface area (Å²) in [4.78, 5) is 25.5. The Morgan fingerprint density at radius 1 is 1.00 bits per heavy atom. The Kier molecular flexibility index (Phi) is 4.19. The zero-order chi connectivity index (χ0) is 18.1. The molecule has 0 bridgehead atoms. The third kappa shape index (κ3) is 2.94. The van der Waals surface area contributed by atoms with Gasteiger partial charge in [0, 0.05) is 28.6 Å². The molecule has 1 atom stereocenters. The van der Waals surface area contributed by atoms with Crippen molar-refractivity contribution in [3.63, 3.8) is 0 Å². The molecule has 3 N–H and O–H groups in total. The fourth-order valence-electron chi connectivity index (χ4n) is 3.00. The lowest BCUT2D eigenvalue weighted by molar-refractivity contribution is 0.0686. The number of carboxylic acids is 2. The van der Waals surface area contributed by atoms with Gasteiger partial charge in [0.15, 0.2) is 0 Å². The van der Waals surface area contributed by atoms with Crippen LogP contribution < -0.4 is 4.74 Å². The van der Waals surface area contributed by atoms with E-state index in [4.69, 9.17) is 9.84 Å². The smallest absolute Gasteiger partial charge is 0.335 e. The molecule has 3 rings (SSSR count). The first-order valence-electron chi connectivity index (χ1n) is 7.68. The summed E-state index contributed by atoms with van der Waals surface area (Å²) in [6, 6.07) is 9.68. The molecule has 25 heavy (non-hydrogen) atoms. The van der Waals surface area contributed by atoms with Crippen LogP contribution in [0, 0.1) is 0 Å². The Hall–Kier alpha value is -3.28. The average molecular weight is 339 g/mol. The van der Waals surface area contributed by atoms with Crippen molar-refractivity contribution in [1.29, 1.82) is 0 Å². The Bertz CT molecular complexity index is 973. The van der Waals surface area contributed by atoms with E-state index in [1.54, 1.807) is 24.3 Å². The molecule has 128 valence electrons. The molecule has 0 aliphatic rings. The first kappa shape index (κ1) is 16.6. The van der Waals surface area contributed by atoms with Crippen molar-refractivity contribution in [1.82, 2.24) is 4.98 Å². The van der Waals surface area contributed by atoms with E-state index in [0.717, 1.165) is 22.0 Å². The van der Waals surface area contributed by atoms with Gasteiger partial charge in [0.1, 0.15) is 5.75 Å². The minimum Gasteiger partial charge on any atom is -0.496 e. The van der Waals surface area contributed by atoms with Crippen LogP contribution in [0.25, 0.3) is 10.9 Å². The summed E-state index contributed by atoms with van der Waals surface area (Å²) in [6.45, 7) is 1.97. The van der Waals surface area contributed by atoms with Gasteiger partial charge in [-0.2, -0.15) is 0 Å². The maximum Gasteiger partial charge on any atom is 0.335 e. The van der Waals surface area contributed by atoms with Gasteiger partial charge in [0.05, 0.1) is 18.2 Å². The number of carbonyl (C=O) groups is 2. The zero-order valence-electron chi connectivity index (χ0n) is 13.7. The number of carboxylic acid groups (broad SMARTS) is 2. The summed E-state index contributed by atoms with van der Waals surface area (Å²) in [5.74, 6) is -1.63. The molecule has 0 aliphatic carbocycles. The largest absolute Gasteiger partial charge is 0.496 e. The lowest BCUT2D eigenvalue weighted by Crippen LogP contribution is -2.03. The van der Waals surface area contributed by atoms with Crippen LogP contribution >= 0.6 is 0 Å². The number of fused-ring (bicyclic) bond motifs is 1. The molecule has 0 radical (unpaired) electrons. The van der Waals surface area contributed by atoms with Crippen LogP contribution in [0.5, 0.6) is 5.75 Å². The summed E-state index contributed by atoms with van der Waals surface area (Å²) in [6.07, 6.45) is 1.84. The molecule has 2 aromatic carbocycles. The highest BCUT2D eigenvalue weighted by atomic mass is 16.5.